The third-order valence-electron chi connectivity index (χ3n) is 2.86. The minimum atomic E-state index is -1.45. The van der Waals surface area contributed by atoms with Crippen molar-refractivity contribution in [1.29, 1.82) is 0 Å². The molecule has 18 heavy (non-hydrogen) atoms. The van der Waals surface area contributed by atoms with Crippen LogP contribution in [0.2, 0.25) is 0 Å². The van der Waals surface area contributed by atoms with Crippen molar-refractivity contribution in [3.8, 4) is 0 Å². The Hall–Kier alpha value is -1.63. The Morgan fingerprint density at radius 3 is 2.33 bits per heavy atom. The highest BCUT2D eigenvalue weighted by Gasteiger charge is 2.30. The first-order valence-electron chi connectivity index (χ1n) is 5.50. The van der Waals surface area contributed by atoms with Crippen molar-refractivity contribution < 1.29 is 20.1 Å². The lowest BCUT2D eigenvalue weighted by atomic mass is 10.0. The molecule has 0 aliphatic heterocycles. The molecule has 6 nitrogen and oxygen atoms in total. The Bertz CT molecular complexity index is 422. The molecule has 0 unspecified atom stereocenters. The summed E-state index contributed by atoms with van der Waals surface area (Å²) in [5, 5.41) is 29.8. The molecule has 1 aromatic rings. The molecular weight excluding hydrogens is 236 g/mol. The zero-order chi connectivity index (χ0) is 13.8. The minimum Gasteiger partial charge on any atom is -0.398 e. The molecule has 0 saturated carbocycles. The van der Waals surface area contributed by atoms with E-state index in [0.29, 0.717) is 5.69 Å². The van der Waals surface area contributed by atoms with Crippen molar-refractivity contribution in [3.05, 3.63) is 29.3 Å². The molecule has 0 heterocycles. The third-order valence-corrected chi connectivity index (χ3v) is 2.86. The summed E-state index contributed by atoms with van der Waals surface area (Å²) in [6.07, 6.45) is 0. The normalized spacial score (nSPS) is 11.3. The molecule has 0 saturated heterocycles. The summed E-state index contributed by atoms with van der Waals surface area (Å²) in [5.41, 5.74) is 5.66. The van der Waals surface area contributed by atoms with Crippen molar-refractivity contribution >= 4 is 11.6 Å². The Kier molecular flexibility index (Phi) is 4.66. The van der Waals surface area contributed by atoms with Gasteiger partial charge in [0.2, 0.25) is 0 Å². The van der Waals surface area contributed by atoms with Gasteiger partial charge in [-0.2, -0.15) is 0 Å². The number of carbonyl (C=O) groups is 1. The molecule has 0 aliphatic carbocycles. The predicted molar refractivity (Wildman–Crippen MR) is 67.0 cm³/mol. The standard InChI is InChI=1S/C12H18N2O4/c1-8-3-2-4-9(10(8)13)11(18)14-12(5-15,6-16)7-17/h2-4,15-17H,5-7,13H2,1H3,(H,14,18). The predicted octanol–water partition coefficient (Wildman–Crippen LogP) is -0.977. The second-order valence-corrected chi connectivity index (χ2v) is 4.24. The number of aliphatic hydroxyl groups is 3. The van der Waals surface area contributed by atoms with Crippen LogP contribution in [0.5, 0.6) is 0 Å². The second-order valence-electron chi connectivity index (χ2n) is 4.24. The Morgan fingerprint density at radius 1 is 1.28 bits per heavy atom. The average molecular weight is 254 g/mol. The number of rotatable bonds is 5. The molecule has 0 aliphatic rings. The number of nitrogens with two attached hydrogens (primary N) is 1. The molecular formula is C12H18N2O4. The summed E-state index contributed by atoms with van der Waals surface area (Å²) < 4.78 is 0. The molecule has 6 heteroatoms. The molecule has 1 amide bonds. The van der Waals surface area contributed by atoms with E-state index in [1.54, 1.807) is 19.1 Å². The van der Waals surface area contributed by atoms with Gasteiger partial charge in [0.15, 0.2) is 0 Å². The van der Waals surface area contributed by atoms with Gasteiger partial charge in [-0.25, -0.2) is 0 Å². The maximum Gasteiger partial charge on any atom is 0.254 e. The molecule has 0 aromatic heterocycles. The number of para-hydroxylation sites is 1. The van der Waals surface area contributed by atoms with Gasteiger partial charge >= 0.3 is 0 Å². The summed E-state index contributed by atoms with van der Waals surface area (Å²) in [6, 6.07) is 4.98. The van der Waals surface area contributed by atoms with E-state index in [-0.39, 0.29) is 5.56 Å². The van der Waals surface area contributed by atoms with Gasteiger partial charge in [0.1, 0.15) is 5.54 Å². The maximum atomic E-state index is 12.0. The van der Waals surface area contributed by atoms with Gasteiger partial charge in [0.05, 0.1) is 25.4 Å². The van der Waals surface area contributed by atoms with Crippen molar-refractivity contribution in [2.24, 2.45) is 0 Å². The van der Waals surface area contributed by atoms with Crippen LogP contribution in [0, 0.1) is 6.92 Å². The Labute approximate surface area is 105 Å². The zero-order valence-corrected chi connectivity index (χ0v) is 10.2. The number of anilines is 1. The van der Waals surface area contributed by atoms with Gasteiger partial charge in [-0.3, -0.25) is 4.79 Å². The number of benzene rings is 1. The number of amides is 1. The van der Waals surface area contributed by atoms with Crippen LogP contribution in [0.25, 0.3) is 0 Å². The first kappa shape index (κ1) is 14.4. The first-order chi connectivity index (χ1) is 8.49. The van der Waals surface area contributed by atoms with E-state index in [9.17, 15) is 4.79 Å². The molecule has 1 aromatic carbocycles. The van der Waals surface area contributed by atoms with Gasteiger partial charge < -0.3 is 26.4 Å². The van der Waals surface area contributed by atoms with Crippen LogP contribution in [-0.4, -0.2) is 46.6 Å². The molecule has 6 N–H and O–H groups in total. The van der Waals surface area contributed by atoms with Gasteiger partial charge in [-0.05, 0) is 18.6 Å². The fourth-order valence-corrected chi connectivity index (χ4v) is 1.46. The van der Waals surface area contributed by atoms with Crippen molar-refractivity contribution in [2.45, 2.75) is 12.5 Å². The molecule has 0 radical (unpaired) electrons. The smallest absolute Gasteiger partial charge is 0.254 e. The Morgan fingerprint density at radius 2 is 1.83 bits per heavy atom. The van der Waals surface area contributed by atoms with E-state index in [0.717, 1.165) is 5.56 Å². The fourth-order valence-electron chi connectivity index (χ4n) is 1.46. The quantitative estimate of drug-likeness (QED) is 0.433. The summed E-state index contributed by atoms with van der Waals surface area (Å²) >= 11 is 0. The van der Waals surface area contributed by atoms with Crippen LogP contribution in [0.3, 0.4) is 0 Å². The van der Waals surface area contributed by atoms with Gasteiger partial charge in [-0.15, -0.1) is 0 Å². The highest BCUT2D eigenvalue weighted by Crippen LogP contribution is 2.17. The number of aryl methyl sites for hydroxylation is 1. The van der Waals surface area contributed by atoms with E-state index in [2.05, 4.69) is 5.32 Å². The zero-order valence-electron chi connectivity index (χ0n) is 10.2. The summed E-state index contributed by atoms with van der Waals surface area (Å²) in [6.45, 7) is 0.0515. The Balaban J connectivity index is 2.98. The maximum absolute atomic E-state index is 12.0. The molecule has 100 valence electrons. The number of aliphatic hydroxyl groups excluding tert-OH is 3. The lowest BCUT2D eigenvalue weighted by Crippen LogP contribution is -2.57. The fraction of sp³-hybridized carbons (Fsp3) is 0.417. The molecule has 0 fully saturated rings. The summed E-state index contributed by atoms with van der Waals surface area (Å²) in [4.78, 5) is 12.0. The monoisotopic (exact) mass is 254 g/mol. The number of carbonyl (C=O) groups excluding carboxylic acids is 1. The van der Waals surface area contributed by atoms with Crippen molar-refractivity contribution in [1.82, 2.24) is 5.32 Å². The molecule has 0 spiro atoms. The SMILES string of the molecule is Cc1cccc(C(=O)NC(CO)(CO)CO)c1N. The number of nitrogen functional groups attached to an aromatic ring is 1. The van der Waals surface area contributed by atoms with E-state index in [1.165, 1.54) is 6.07 Å². The second kappa shape index (κ2) is 5.81. The van der Waals surface area contributed by atoms with Crippen LogP contribution in [-0.2, 0) is 0 Å². The average Bonchev–Trinajstić information content (AvgIpc) is 2.39. The minimum absolute atomic E-state index is 0.245. The van der Waals surface area contributed by atoms with E-state index < -0.39 is 31.3 Å². The summed E-state index contributed by atoms with van der Waals surface area (Å²) in [5.74, 6) is -0.548. The van der Waals surface area contributed by atoms with E-state index in [1.807, 2.05) is 0 Å². The van der Waals surface area contributed by atoms with E-state index in [4.69, 9.17) is 21.1 Å². The lowest BCUT2D eigenvalue weighted by molar-refractivity contribution is 0.0375. The topological polar surface area (TPSA) is 116 Å². The third kappa shape index (κ3) is 2.79. The van der Waals surface area contributed by atoms with Crippen molar-refractivity contribution in [2.75, 3.05) is 25.6 Å². The van der Waals surface area contributed by atoms with E-state index >= 15 is 0 Å². The van der Waals surface area contributed by atoms with Crippen LogP contribution in [0.15, 0.2) is 18.2 Å². The highest BCUT2D eigenvalue weighted by atomic mass is 16.3. The van der Waals surface area contributed by atoms with Crippen LogP contribution in [0.1, 0.15) is 15.9 Å². The van der Waals surface area contributed by atoms with Gasteiger partial charge in [0, 0.05) is 5.69 Å². The molecule has 1 rings (SSSR count). The number of hydrogen-bond donors (Lipinski definition) is 5. The number of hydrogen-bond acceptors (Lipinski definition) is 5. The molecule has 0 bridgehead atoms. The van der Waals surface area contributed by atoms with Gasteiger partial charge in [0.25, 0.3) is 5.91 Å². The largest absolute Gasteiger partial charge is 0.398 e. The number of nitrogens with one attached hydrogen (secondary N) is 1. The van der Waals surface area contributed by atoms with Crippen LogP contribution >= 0.6 is 0 Å². The van der Waals surface area contributed by atoms with Gasteiger partial charge in [-0.1, -0.05) is 12.1 Å². The summed E-state index contributed by atoms with van der Waals surface area (Å²) in [7, 11) is 0. The molecule has 0 atom stereocenters. The first-order valence-corrected chi connectivity index (χ1v) is 5.50. The van der Waals surface area contributed by atoms with Crippen molar-refractivity contribution in [3.63, 3.8) is 0 Å². The lowest BCUT2D eigenvalue weighted by Gasteiger charge is -2.28. The van der Waals surface area contributed by atoms with Crippen LogP contribution < -0.4 is 11.1 Å². The highest BCUT2D eigenvalue weighted by molar-refractivity contribution is 6.00. The van der Waals surface area contributed by atoms with Crippen LogP contribution in [0.4, 0.5) is 5.69 Å².